The topological polar surface area (TPSA) is 99.4 Å². The summed E-state index contributed by atoms with van der Waals surface area (Å²) in [5.74, 6) is -1.02. The first kappa shape index (κ1) is 13.0. The van der Waals surface area contributed by atoms with Crippen molar-refractivity contribution in [3.8, 4) is 11.8 Å². The van der Waals surface area contributed by atoms with E-state index in [-0.39, 0.29) is 30.4 Å². The normalized spacial score (nSPS) is 9.35. The first-order valence-corrected chi connectivity index (χ1v) is 5.59. The molecule has 0 unspecified atom stereocenters. The van der Waals surface area contributed by atoms with Crippen LogP contribution >= 0.6 is 11.3 Å². The highest BCUT2D eigenvalue weighted by atomic mass is 32.1. The molecule has 0 aliphatic heterocycles. The van der Waals surface area contributed by atoms with Gasteiger partial charge in [-0.2, -0.15) is 5.26 Å². The van der Waals surface area contributed by atoms with Crippen LogP contribution in [0.1, 0.15) is 16.1 Å². The maximum atomic E-state index is 11.2. The average Bonchev–Trinajstić information content (AvgIpc) is 2.75. The van der Waals surface area contributed by atoms with Crippen molar-refractivity contribution in [1.29, 1.82) is 5.26 Å². The van der Waals surface area contributed by atoms with Gasteiger partial charge in [-0.25, -0.2) is 4.79 Å². The van der Waals surface area contributed by atoms with E-state index in [2.05, 4.69) is 5.32 Å². The van der Waals surface area contributed by atoms with Crippen molar-refractivity contribution in [2.75, 3.05) is 13.2 Å². The lowest BCUT2D eigenvalue weighted by molar-refractivity contribution is -0.123. The van der Waals surface area contributed by atoms with Gasteiger partial charge in [0.2, 0.25) is 0 Å². The van der Waals surface area contributed by atoms with Crippen LogP contribution in [-0.4, -0.2) is 30.1 Å². The number of nitriles is 1. The Kier molecular flexibility index (Phi) is 4.97. The molecular formula is C10H10N2O4S. The number of carbonyl (C=O) groups is 2. The van der Waals surface area contributed by atoms with Gasteiger partial charge < -0.3 is 15.2 Å². The molecule has 1 rings (SSSR count). The summed E-state index contributed by atoms with van der Waals surface area (Å²) < 4.78 is 5.08. The molecule has 0 aliphatic rings. The fourth-order valence-electron chi connectivity index (χ4n) is 0.964. The Morgan fingerprint density at radius 2 is 2.35 bits per heavy atom. The fourth-order valence-corrected chi connectivity index (χ4v) is 1.63. The number of ether oxygens (including phenoxy) is 1. The second-order valence-corrected chi connectivity index (χ2v) is 3.91. The lowest BCUT2D eigenvalue weighted by Crippen LogP contribution is -2.29. The van der Waals surface area contributed by atoms with E-state index >= 15 is 0 Å². The Bertz CT molecular complexity index is 449. The van der Waals surface area contributed by atoms with Crippen molar-refractivity contribution >= 4 is 23.2 Å². The predicted molar refractivity (Wildman–Crippen MR) is 60.0 cm³/mol. The molecule has 7 heteroatoms. The number of carbonyl (C=O) groups excluding carboxylic acids is 1. The quantitative estimate of drug-likeness (QED) is 0.733. The molecule has 17 heavy (non-hydrogen) atoms. The van der Waals surface area contributed by atoms with Gasteiger partial charge in [0.25, 0.3) is 5.91 Å². The molecule has 1 aromatic heterocycles. The Hall–Kier alpha value is -2.07. The maximum Gasteiger partial charge on any atom is 0.346 e. The van der Waals surface area contributed by atoms with Gasteiger partial charge in [0.05, 0.1) is 12.5 Å². The van der Waals surface area contributed by atoms with Crippen molar-refractivity contribution in [3.05, 3.63) is 16.3 Å². The lowest BCUT2D eigenvalue weighted by atomic mass is 10.4. The molecule has 0 saturated carbocycles. The van der Waals surface area contributed by atoms with Crippen LogP contribution in [0.5, 0.6) is 5.75 Å². The molecule has 2 N–H and O–H groups in total. The number of hydrogen-bond acceptors (Lipinski definition) is 5. The van der Waals surface area contributed by atoms with Gasteiger partial charge in [0, 0.05) is 18.0 Å². The van der Waals surface area contributed by atoms with E-state index in [4.69, 9.17) is 15.1 Å². The number of carboxylic acids is 1. The zero-order chi connectivity index (χ0) is 12.7. The van der Waals surface area contributed by atoms with Crippen LogP contribution in [0.2, 0.25) is 0 Å². The lowest BCUT2D eigenvalue weighted by Gasteiger charge is -2.03. The summed E-state index contributed by atoms with van der Waals surface area (Å²) in [6.07, 6.45) is 0.243. The van der Waals surface area contributed by atoms with Crippen LogP contribution in [0, 0.1) is 11.3 Å². The van der Waals surface area contributed by atoms with Gasteiger partial charge in [-0.3, -0.25) is 4.79 Å². The number of amides is 1. The summed E-state index contributed by atoms with van der Waals surface area (Å²) >= 11 is 1.03. The van der Waals surface area contributed by atoms with Gasteiger partial charge in [-0.1, -0.05) is 0 Å². The molecule has 0 saturated heterocycles. The molecule has 1 amide bonds. The number of hydrogen-bond donors (Lipinski definition) is 2. The second kappa shape index (κ2) is 6.50. The number of nitrogens with zero attached hydrogens (tertiary/aromatic N) is 1. The van der Waals surface area contributed by atoms with E-state index in [0.717, 1.165) is 11.3 Å². The SMILES string of the molecule is N#CCCNC(=O)COc1csc(C(=O)O)c1. The van der Waals surface area contributed by atoms with Crippen LogP contribution in [0.25, 0.3) is 0 Å². The van der Waals surface area contributed by atoms with E-state index in [0.29, 0.717) is 5.75 Å². The Labute approximate surface area is 101 Å². The zero-order valence-electron chi connectivity index (χ0n) is 8.80. The van der Waals surface area contributed by atoms with E-state index in [1.807, 2.05) is 6.07 Å². The van der Waals surface area contributed by atoms with Crippen molar-refractivity contribution < 1.29 is 19.4 Å². The van der Waals surface area contributed by atoms with Crippen LogP contribution in [0.4, 0.5) is 0 Å². The number of aromatic carboxylic acids is 1. The highest BCUT2D eigenvalue weighted by Gasteiger charge is 2.08. The summed E-state index contributed by atoms with van der Waals surface area (Å²) in [5.41, 5.74) is 0. The monoisotopic (exact) mass is 254 g/mol. The third-order valence-corrected chi connectivity index (χ3v) is 2.61. The summed E-state index contributed by atoms with van der Waals surface area (Å²) in [5, 5.41) is 20.9. The first-order chi connectivity index (χ1) is 8.13. The number of nitrogens with one attached hydrogen (secondary N) is 1. The van der Waals surface area contributed by atoms with E-state index in [1.54, 1.807) is 0 Å². The number of carboxylic acid groups (broad SMARTS) is 1. The molecular weight excluding hydrogens is 244 g/mol. The van der Waals surface area contributed by atoms with Crippen LogP contribution in [-0.2, 0) is 4.79 Å². The largest absolute Gasteiger partial charge is 0.483 e. The Morgan fingerprint density at radius 3 is 2.94 bits per heavy atom. The van der Waals surface area contributed by atoms with Gasteiger partial charge >= 0.3 is 5.97 Å². The summed E-state index contributed by atoms with van der Waals surface area (Å²) in [6.45, 7) is 0.0872. The molecule has 0 radical (unpaired) electrons. The van der Waals surface area contributed by atoms with Crippen molar-refractivity contribution in [2.45, 2.75) is 6.42 Å². The molecule has 1 aromatic rings. The maximum absolute atomic E-state index is 11.2. The van der Waals surface area contributed by atoms with Gasteiger partial charge in [0.15, 0.2) is 6.61 Å². The van der Waals surface area contributed by atoms with Crippen LogP contribution < -0.4 is 10.1 Å². The van der Waals surface area contributed by atoms with Crippen molar-refractivity contribution in [2.24, 2.45) is 0 Å². The molecule has 0 fully saturated rings. The molecule has 0 spiro atoms. The summed E-state index contributed by atoms with van der Waals surface area (Å²) in [7, 11) is 0. The van der Waals surface area contributed by atoms with Crippen LogP contribution in [0.15, 0.2) is 11.4 Å². The van der Waals surface area contributed by atoms with Crippen molar-refractivity contribution in [3.63, 3.8) is 0 Å². The molecule has 0 aliphatic carbocycles. The third-order valence-electron chi connectivity index (χ3n) is 1.72. The van der Waals surface area contributed by atoms with E-state index in [1.165, 1.54) is 11.4 Å². The molecule has 1 heterocycles. The van der Waals surface area contributed by atoms with Gasteiger partial charge in [-0.15, -0.1) is 11.3 Å². The van der Waals surface area contributed by atoms with E-state index in [9.17, 15) is 9.59 Å². The Balaban J connectivity index is 2.32. The average molecular weight is 254 g/mol. The molecule has 90 valence electrons. The van der Waals surface area contributed by atoms with Crippen LogP contribution in [0.3, 0.4) is 0 Å². The summed E-state index contributed by atoms with van der Waals surface area (Å²) in [6, 6.07) is 3.25. The smallest absolute Gasteiger partial charge is 0.346 e. The number of thiophene rings is 1. The standard InChI is InChI=1S/C10H10N2O4S/c11-2-1-3-12-9(13)5-16-7-4-8(10(14)15)17-6-7/h4,6H,1,3,5H2,(H,12,13)(H,14,15). The van der Waals surface area contributed by atoms with E-state index < -0.39 is 5.97 Å². The van der Waals surface area contributed by atoms with Gasteiger partial charge in [0.1, 0.15) is 10.6 Å². The molecule has 0 atom stereocenters. The van der Waals surface area contributed by atoms with Crippen molar-refractivity contribution in [1.82, 2.24) is 5.32 Å². The minimum absolute atomic E-state index is 0.157. The highest BCUT2D eigenvalue weighted by molar-refractivity contribution is 7.12. The Morgan fingerprint density at radius 1 is 1.59 bits per heavy atom. The highest BCUT2D eigenvalue weighted by Crippen LogP contribution is 2.21. The molecule has 0 aromatic carbocycles. The second-order valence-electron chi connectivity index (χ2n) is 3.00. The zero-order valence-corrected chi connectivity index (χ0v) is 9.62. The minimum Gasteiger partial charge on any atom is -0.483 e. The molecule has 6 nitrogen and oxygen atoms in total. The fraction of sp³-hybridized carbons (Fsp3) is 0.300. The third kappa shape index (κ3) is 4.53. The predicted octanol–water partition coefficient (Wildman–Crippen LogP) is 0.855. The summed E-state index contributed by atoms with van der Waals surface area (Å²) in [4.78, 5) is 21.9. The minimum atomic E-state index is -1.02. The first-order valence-electron chi connectivity index (χ1n) is 4.71. The molecule has 0 bridgehead atoms. The number of rotatable bonds is 6. The van der Waals surface area contributed by atoms with Gasteiger partial charge in [-0.05, 0) is 0 Å².